The molecule has 4 rings (SSSR count). The van der Waals surface area contributed by atoms with Gasteiger partial charge in [0.25, 0.3) is 0 Å². The van der Waals surface area contributed by atoms with Crippen LogP contribution in [0, 0.1) is 12.3 Å². The van der Waals surface area contributed by atoms with Crippen LogP contribution in [0.1, 0.15) is 64.6 Å². The molecule has 1 saturated carbocycles. The van der Waals surface area contributed by atoms with Crippen molar-refractivity contribution in [1.82, 2.24) is 9.88 Å². The first-order valence-electron chi connectivity index (χ1n) is 13.2. The maximum absolute atomic E-state index is 14.2. The number of halogens is 1. The van der Waals surface area contributed by atoms with Gasteiger partial charge in [0.05, 0.1) is 0 Å². The van der Waals surface area contributed by atoms with Crippen molar-refractivity contribution in [2.75, 3.05) is 20.3 Å². The first-order valence-corrected chi connectivity index (χ1v) is 16.4. The van der Waals surface area contributed by atoms with Crippen LogP contribution < -0.4 is 21.2 Å². The van der Waals surface area contributed by atoms with Crippen LogP contribution in [0.4, 0.5) is 0 Å². The average molecular weight is 660 g/mol. The molecule has 1 fully saturated rings. The minimum atomic E-state index is -0.437. The number of aromatic nitrogens is 1. The summed E-state index contributed by atoms with van der Waals surface area (Å²) in [7, 11) is 1.67. The number of carbonyl (C=O) groups excluding carboxylic acids is 2. The van der Waals surface area contributed by atoms with Gasteiger partial charge in [-0.25, -0.2) is 0 Å². The average Bonchev–Trinajstić information content (AvgIpc) is 3.69. The number of hydrogen-bond acceptors (Lipinski definition) is 6. The van der Waals surface area contributed by atoms with E-state index in [-0.39, 0.29) is 5.91 Å². The van der Waals surface area contributed by atoms with Gasteiger partial charge >= 0.3 is 247 Å². The van der Waals surface area contributed by atoms with Crippen LogP contribution in [-0.2, 0) is 27.2 Å². The molecule has 39 heavy (non-hydrogen) atoms. The Morgan fingerprint density at radius 3 is 2.74 bits per heavy atom. The standard InChI is InChI=1S/C31H36IN2O4S/c1-6-38-29(35)28-22(4)39-27(33-28)20-34(18-8-10-23-9-7-11-24(19-23)21(2)3)30(36)31(15-16-31)26-13-12-25(37-5)14-17-32-26/h7,9,11-14,17,19H,2,6,8,10,15-16,18,20H2,1,3-5H3/q-1. The molecule has 1 aliphatic heterocycles. The first-order chi connectivity index (χ1) is 18.8. The van der Waals surface area contributed by atoms with E-state index in [1.807, 2.05) is 30.9 Å². The number of rotatable bonds is 12. The van der Waals surface area contributed by atoms with E-state index in [0.29, 0.717) is 25.4 Å². The number of carbonyl (C=O) groups is 2. The molecule has 2 heterocycles. The van der Waals surface area contributed by atoms with Gasteiger partial charge in [0.2, 0.25) is 0 Å². The Morgan fingerprint density at radius 2 is 2.05 bits per heavy atom. The molecule has 0 saturated heterocycles. The Bertz CT molecular complexity index is 1340. The molecule has 0 bridgehead atoms. The molecule has 2 aromatic rings. The fourth-order valence-electron chi connectivity index (χ4n) is 4.58. The van der Waals surface area contributed by atoms with E-state index < -0.39 is 32.6 Å². The van der Waals surface area contributed by atoms with E-state index >= 15 is 0 Å². The van der Waals surface area contributed by atoms with E-state index in [2.05, 4.69) is 46.0 Å². The fraction of sp³-hybridized carbons (Fsp3) is 0.387. The number of nitrogens with zero attached hydrogens (tertiary/aromatic N) is 2. The third-order valence-electron chi connectivity index (χ3n) is 6.89. The van der Waals surface area contributed by atoms with Gasteiger partial charge in [0.1, 0.15) is 0 Å². The number of benzene rings is 1. The number of thiazole rings is 1. The molecule has 1 aromatic heterocycles. The Morgan fingerprint density at radius 1 is 1.26 bits per heavy atom. The molecule has 208 valence electrons. The van der Waals surface area contributed by atoms with Gasteiger partial charge in [-0.15, -0.1) is 0 Å². The summed E-state index contributed by atoms with van der Waals surface area (Å²) in [5, 5.41) is 0.759. The molecule has 8 heteroatoms. The van der Waals surface area contributed by atoms with Crippen molar-refractivity contribution < 1.29 is 40.3 Å². The van der Waals surface area contributed by atoms with Crippen molar-refractivity contribution in [3.63, 3.8) is 0 Å². The third kappa shape index (κ3) is 7.08. The summed E-state index contributed by atoms with van der Waals surface area (Å²) in [6, 6.07) is 8.45. The fourth-order valence-corrected chi connectivity index (χ4v) is 8.19. The van der Waals surface area contributed by atoms with Crippen LogP contribution in [-0.4, -0.2) is 42.0 Å². The number of amides is 1. The number of hydrogen-bond donors (Lipinski definition) is 0. The number of esters is 1. The number of aryl methyl sites for hydroxylation is 2. The molecular formula is C31H36IN2O4S-. The SMILES string of the molecule is C=C(C)c1cccc(CCCN(Cc2nc(C(=O)OCC)c(C)s2)C(=O)C2(C3=CC=C(OC)C=C[I-]3)CC2)c1. The molecule has 0 N–H and O–H groups in total. The van der Waals surface area contributed by atoms with E-state index in [9.17, 15) is 9.59 Å². The molecular weight excluding hydrogens is 623 g/mol. The van der Waals surface area contributed by atoms with E-state index in [1.165, 1.54) is 20.5 Å². The molecule has 0 spiro atoms. The van der Waals surface area contributed by atoms with Gasteiger partial charge in [-0.1, -0.05) is 0 Å². The number of ether oxygens (including phenoxy) is 2. The second-order valence-corrected chi connectivity index (χ2v) is 13.6. The predicted octanol–water partition coefficient (Wildman–Crippen LogP) is 3.43. The van der Waals surface area contributed by atoms with E-state index in [1.54, 1.807) is 14.0 Å². The second kappa shape index (κ2) is 13.1. The van der Waals surface area contributed by atoms with Crippen molar-refractivity contribution in [2.45, 2.75) is 53.0 Å². The minimum absolute atomic E-state index is 0.164. The number of methoxy groups -OCH3 is 1. The topological polar surface area (TPSA) is 68.7 Å². The maximum atomic E-state index is 14.2. The van der Waals surface area contributed by atoms with E-state index in [4.69, 9.17) is 9.47 Å². The summed E-state index contributed by atoms with van der Waals surface area (Å²) < 4.78 is 14.0. The van der Waals surface area contributed by atoms with Gasteiger partial charge in [-0.2, -0.15) is 0 Å². The summed E-state index contributed by atoms with van der Waals surface area (Å²) in [4.78, 5) is 33.9. The summed E-state index contributed by atoms with van der Waals surface area (Å²) in [6.07, 6.45) is 9.50. The zero-order valence-corrected chi connectivity index (χ0v) is 26.1. The van der Waals surface area contributed by atoms with Crippen molar-refractivity contribution in [3.05, 3.63) is 89.2 Å². The monoisotopic (exact) mass is 659 g/mol. The van der Waals surface area contributed by atoms with Crippen LogP contribution >= 0.6 is 11.3 Å². The molecule has 0 atom stereocenters. The normalized spacial score (nSPS) is 15.8. The summed E-state index contributed by atoms with van der Waals surface area (Å²) >= 11 is 1.05. The summed E-state index contributed by atoms with van der Waals surface area (Å²) in [5.41, 5.74) is 3.33. The van der Waals surface area contributed by atoms with Crippen LogP contribution in [0.5, 0.6) is 0 Å². The Labute approximate surface area is 245 Å². The molecule has 6 nitrogen and oxygen atoms in total. The molecule has 1 aliphatic carbocycles. The Hall–Kier alpha value is -2.72. The predicted molar refractivity (Wildman–Crippen MR) is 152 cm³/mol. The van der Waals surface area contributed by atoms with Crippen molar-refractivity contribution in [2.24, 2.45) is 5.41 Å². The second-order valence-electron chi connectivity index (χ2n) is 9.82. The van der Waals surface area contributed by atoms with Gasteiger partial charge in [-0.05, 0) is 0 Å². The van der Waals surface area contributed by atoms with Gasteiger partial charge < -0.3 is 0 Å². The van der Waals surface area contributed by atoms with Crippen molar-refractivity contribution >= 4 is 28.8 Å². The van der Waals surface area contributed by atoms with Crippen LogP contribution in [0.3, 0.4) is 0 Å². The van der Waals surface area contributed by atoms with Crippen molar-refractivity contribution in [1.29, 1.82) is 0 Å². The van der Waals surface area contributed by atoms with Gasteiger partial charge in [0, 0.05) is 0 Å². The molecule has 2 aliphatic rings. The zero-order valence-electron chi connectivity index (χ0n) is 23.1. The zero-order chi connectivity index (χ0) is 28.0. The summed E-state index contributed by atoms with van der Waals surface area (Å²) in [5.74, 6) is 0.566. The van der Waals surface area contributed by atoms with E-state index in [0.717, 1.165) is 52.5 Å². The number of allylic oxidation sites excluding steroid dienone is 4. The third-order valence-corrected chi connectivity index (χ3v) is 10.6. The molecule has 1 aromatic carbocycles. The van der Waals surface area contributed by atoms with Gasteiger partial charge in [0.15, 0.2) is 0 Å². The quantitative estimate of drug-likeness (QED) is 0.258. The molecule has 0 unspecified atom stereocenters. The Kier molecular flexibility index (Phi) is 9.82. The van der Waals surface area contributed by atoms with Gasteiger partial charge in [-0.3, -0.25) is 0 Å². The van der Waals surface area contributed by atoms with Crippen LogP contribution in [0.2, 0.25) is 0 Å². The Balaban J connectivity index is 1.55. The summed E-state index contributed by atoms with van der Waals surface area (Å²) in [6.45, 7) is 11.0. The molecule has 1 amide bonds. The van der Waals surface area contributed by atoms with Crippen LogP contribution in [0.15, 0.2) is 62.5 Å². The first kappa shape index (κ1) is 29.3. The van der Waals surface area contributed by atoms with Crippen LogP contribution in [0.25, 0.3) is 5.57 Å². The van der Waals surface area contributed by atoms with Crippen molar-refractivity contribution in [3.8, 4) is 0 Å². The molecule has 0 radical (unpaired) electrons.